The van der Waals surface area contributed by atoms with Crippen molar-refractivity contribution in [3.05, 3.63) is 23.9 Å². The number of anilines is 1. The number of carbonyl (C=O) groups is 1. The summed E-state index contributed by atoms with van der Waals surface area (Å²) in [5.41, 5.74) is 1.26. The van der Waals surface area contributed by atoms with Gasteiger partial charge in [0.05, 0.1) is 5.56 Å². The second-order valence-electron chi connectivity index (χ2n) is 9.70. The van der Waals surface area contributed by atoms with Gasteiger partial charge in [0.1, 0.15) is 5.82 Å². The Morgan fingerprint density at radius 2 is 1.79 bits per heavy atom. The van der Waals surface area contributed by atoms with Crippen LogP contribution in [-0.2, 0) is 0 Å². The molecule has 160 valence electrons. The lowest BCUT2D eigenvalue weighted by Crippen LogP contribution is -2.51. The maximum Gasteiger partial charge on any atom is 0.255 e. The summed E-state index contributed by atoms with van der Waals surface area (Å²) in [6.45, 7) is 11.7. The van der Waals surface area contributed by atoms with Crippen molar-refractivity contribution in [1.82, 2.24) is 14.8 Å². The van der Waals surface area contributed by atoms with Crippen molar-refractivity contribution in [2.45, 2.75) is 77.8 Å². The number of amides is 1. The Bertz CT molecular complexity index is 679. The predicted octanol–water partition coefficient (Wildman–Crippen LogP) is 4.19. The molecule has 5 heteroatoms. The predicted molar refractivity (Wildman–Crippen MR) is 118 cm³/mol. The SMILES string of the molecule is CCN(C(=O)c1ccc(N2CCC3(CC2)CCN(C2CCC2)CC3)nc1)C(C)C. The van der Waals surface area contributed by atoms with Gasteiger partial charge in [0.25, 0.3) is 5.91 Å². The Balaban J connectivity index is 1.31. The van der Waals surface area contributed by atoms with Gasteiger partial charge in [0.15, 0.2) is 0 Å². The van der Waals surface area contributed by atoms with Crippen LogP contribution >= 0.6 is 0 Å². The van der Waals surface area contributed by atoms with E-state index in [0.29, 0.717) is 11.0 Å². The highest BCUT2D eigenvalue weighted by Gasteiger charge is 2.39. The van der Waals surface area contributed by atoms with Crippen molar-refractivity contribution in [3.8, 4) is 0 Å². The summed E-state index contributed by atoms with van der Waals surface area (Å²) in [6, 6.07) is 5.11. The minimum absolute atomic E-state index is 0.0809. The molecule has 3 heterocycles. The van der Waals surface area contributed by atoms with Gasteiger partial charge in [-0.3, -0.25) is 4.79 Å². The Labute approximate surface area is 176 Å². The van der Waals surface area contributed by atoms with E-state index in [2.05, 4.69) is 28.6 Å². The normalized spacial score (nSPS) is 22.7. The lowest BCUT2D eigenvalue weighted by atomic mass is 9.70. The molecule has 1 aromatic heterocycles. The molecular formula is C24H38N4O. The van der Waals surface area contributed by atoms with E-state index in [-0.39, 0.29) is 11.9 Å². The van der Waals surface area contributed by atoms with Gasteiger partial charge in [-0.2, -0.15) is 0 Å². The molecule has 0 aromatic carbocycles. The number of likely N-dealkylation sites (tertiary alicyclic amines) is 1. The van der Waals surface area contributed by atoms with Crippen LogP contribution in [0.3, 0.4) is 0 Å². The van der Waals surface area contributed by atoms with Crippen LogP contribution in [0.4, 0.5) is 5.82 Å². The lowest BCUT2D eigenvalue weighted by Gasteiger charge is -2.50. The van der Waals surface area contributed by atoms with Crippen LogP contribution in [-0.4, -0.2) is 65.5 Å². The molecule has 4 rings (SSSR count). The van der Waals surface area contributed by atoms with Gasteiger partial charge in [-0.25, -0.2) is 4.98 Å². The van der Waals surface area contributed by atoms with Crippen LogP contribution in [0.5, 0.6) is 0 Å². The average Bonchev–Trinajstić information content (AvgIpc) is 2.69. The number of pyridine rings is 1. The largest absolute Gasteiger partial charge is 0.357 e. The Kier molecular flexibility index (Phi) is 6.14. The van der Waals surface area contributed by atoms with E-state index in [0.717, 1.165) is 31.5 Å². The molecule has 3 fully saturated rings. The van der Waals surface area contributed by atoms with E-state index in [1.165, 1.54) is 58.0 Å². The van der Waals surface area contributed by atoms with E-state index in [9.17, 15) is 4.79 Å². The minimum atomic E-state index is 0.0809. The van der Waals surface area contributed by atoms with Gasteiger partial charge < -0.3 is 14.7 Å². The Hall–Kier alpha value is -1.62. The summed E-state index contributed by atoms with van der Waals surface area (Å²) in [5.74, 6) is 1.10. The molecule has 0 atom stereocenters. The van der Waals surface area contributed by atoms with Gasteiger partial charge in [-0.05, 0) is 89.9 Å². The zero-order valence-corrected chi connectivity index (χ0v) is 18.6. The number of hydrogen-bond donors (Lipinski definition) is 0. The quantitative estimate of drug-likeness (QED) is 0.746. The first-order valence-electron chi connectivity index (χ1n) is 11.8. The van der Waals surface area contributed by atoms with Gasteiger partial charge in [0, 0.05) is 37.9 Å². The smallest absolute Gasteiger partial charge is 0.255 e. The summed E-state index contributed by atoms with van der Waals surface area (Å²) in [4.78, 5) is 24.4. The summed E-state index contributed by atoms with van der Waals surface area (Å²) in [5, 5.41) is 0. The van der Waals surface area contributed by atoms with Crippen LogP contribution in [0.1, 0.15) is 76.1 Å². The number of piperidine rings is 2. The highest BCUT2D eigenvalue weighted by atomic mass is 16.2. The van der Waals surface area contributed by atoms with Gasteiger partial charge >= 0.3 is 0 Å². The Morgan fingerprint density at radius 3 is 2.28 bits per heavy atom. The fraction of sp³-hybridized carbons (Fsp3) is 0.750. The van der Waals surface area contributed by atoms with Gasteiger partial charge in [-0.1, -0.05) is 6.42 Å². The molecular weight excluding hydrogens is 360 g/mol. The van der Waals surface area contributed by atoms with Gasteiger partial charge in [0.2, 0.25) is 0 Å². The molecule has 0 radical (unpaired) electrons. The van der Waals surface area contributed by atoms with Crippen molar-refractivity contribution >= 4 is 11.7 Å². The molecule has 29 heavy (non-hydrogen) atoms. The highest BCUT2D eigenvalue weighted by molar-refractivity contribution is 5.94. The monoisotopic (exact) mass is 398 g/mol. The minimum Gasteiger partial charge on any atom is -0.357 e. The molecule has 1 spiro atoms. The fourth-order valence-electron chi connectivity index (χ4n) is 5.43. The van der Waals surface area contributed by atoms with Gasteiger partial charge in [-0.15, -0.1) is 0 Å². The third-order valence-corrected chi connectivity index (χ3v) is 7.82. The van der Waals surface area contributed by atoms with Crippen molar-refractivity contribution in [2.24, 2.45) is 5.41 Å². The number of carbonyl (C=O) groups excluding carboxylic acids is 1. The molecule has 2 saturated heterocycles. The van der Waals surface area contributed by atoms with E-state index in [1.807, 2.05) is 24.0 Å². The molecule has 5 nitrogen and oxygen atoms in total. The summed E-state index contributed by atoms with van der Waals surface area (Å²) in [6.07, 6.45) is 11.4. The molecule has 0 unspecified atom stereocenters. The van der Waals surface area contributed by atoms with Crippen molar-refractivity contribution in [3.63, 3.8) is 0 Å². The van der Waals surface area contributed by atoms with Crippen molar-refractivity contribution < 1.29 is 4.79 Å². The number of nitrogens with zero attached hydrogens (tertiary/aromatic N) is 4. The molecule has 0 N–H and O–H groups in total. The molecule has 1 saturated carbocycles. The van der Waals surface area contributed by atoms with E-state index in [4.69, 9.17) is 0 Å². The number of aromatic nitrogens is 1. The topological polar surface area (TPSA) is 39.7 Å². The third kappa shape index (κ3) is 4.30. The van der Waals surface area contributed by atoms with Crippen molar-refractivity contribution in [2.75, 3.05) is 37.6 Å². The number of hydrogen-bond acceptors (Lipinski definition) is 4. The van der Waals surface area contributed by atoms with E-state index < -0.39 is 0 Å². The fourth-order valence-corrected chi connectivity index (χ4v) is 5.43. The van der Waals surface area contributed by atoms with Crippen LogP contribution in [0, 0.1) is 5.41 Å². The molecule has 0 bridgehead atoms. The summed E-state index contributed by atoms with van der Waals surface area (Å²) in [7, 11) is 0. The standard InChI is InChI=1S/C24H38N4O/c1-4-28(19(2)3)23(29)20-8-9-22(25-18-20)27-16-12-24(13-17-27)10-14-26(15-11-24)21-6-5-7-21/h8-9,18-19,21H,4-7,10-17H2,1-3H3. The van der Waals surface area contributed by atoms with E-state index >= 15 is 0 Å². The average molecular weight is 399 g/mol. The van der Waals surface area contributed by atoms with Crippen LogP contribution < -0.4 is 4.90 Å². The van der Waals surface area contributed by atoms with Crippen LogP contribution in [0.25, 0.3) is 0 Å². The first-order valence-corrected chi connectivity index (χ1v) is 11.8. The zero-order chi connectivity index (χ0) is 20.4. The highest BCUT2D eigenvalue weighted by Crippen LogP contribution is 2.43. The molecule has 2 aliphatic heterocycles. The molecule has 1 aromatic rings. The first kappa shape index (κ1) is 20.6. The van der Waals surface area contributed by atoms with Crippen LogP contribution in [0.2, 0.25) is 0 Å². The zero-order valence-electron chi connectivity index (χ0n) is 18.6. The third-order valence-electron chi connectivity index (χ3n) is 7.82. The molecule has 1 amide bonds. The summed E-state index contributed by atoms with van der Waals surface area (Å²) >= 11 is 0. The first-order chi connectivity index (χ1) is 14.0. The number of rotatable bonds is 5. The molecule has 3 aliphatic rings. The second-order valence-corrected chi connectivity index (χ2v) is 9.70. The molecule has 1 aliphatic carbocycles. The summed E-state index contributed by atoms with van der Waals surface area (Å²) < 4.78 is 0. The van der Waals surface area contributed by atoms with Crippen LogP contribution in [0.15, 0.2) is 18.3 Å². The lowest BCUT2D eigenvalue weighted by molar-refractivity contribution is 0.0305. The maximum atomic E-state index is 12.7. The maximum absolute atomic E-state index is 12.7. The second kappa shape index (κ2) is 8.63. The van der Waals surface area contributed by atoms with E-state index in [1.54, 1.807) is 6.20 Å². The van der Waals surface area contributed by atoms with Crippen molar-refractivity contribution in [1.29, 1.82) is 0 Å². The Morgan fingerprint density at radius 1 is 1.14 bits per heavy atom.